The summed E-state index contributed by atoms with van der Waals surface area (Å²) < 4.78 is 11.5. The summed E-state index contributed by atoms with van der Waals surface area (Å²) in [5.74, 6) is -0.360. The van der Waals surface area contributed by atoms with Crippen molar-refractivity contribution in [1.82, 2.24) is 10.2 Å². The molecule has 0 amide bonds. The topological polar surface area (TPSA) is 85.5 Å². The number of carboxylic acids is 1. The van der Waals surface area contributed by atoms with Crippen molar-refractivity contribution in [2.75, 3.05) is 6.61 Å². The van der Waals surface area contributed by atoms with Crippen molar-refractivity contribution in [3.8, 4) is 11.5 Å². The van der Waals surface area contributed by atoms with Crippen molar-refractivity contribution in [3.63, 3.8) is 0 Å². The molecule has 0 saturated heterocycles. The first-order valence-electron chi connectivity index (χ1n) is 5.82. The lowest BCUT2D eigenvalue weighted by molar-refractivity contribution is -0.142. The van der Waals surface area contributed by atoms with Crippen molar-refractivity contribution >= 4 is 27.4 Å². The van der Waals surface area contributed by atoms with E-state index in [9.17, 15) is 4.79 Å². The van der Waals surface area contributed by atoms with Crippen LogP contribution < -0.4 is 0 Å². The Morgan fingerprint density at radius 2 is 2.20 bits per heavy atom. The Balaban J connectivity index is 1.81. The highest BCUT2D eigenvalue weighted by atomic mass is 32.1. The second kappa shape index (κ2) is 5.40. The molecule has 7 heteroatoms. The summed E-state index contributed by atoms with van der Waals surface area (Å²) in [6, 6.07) is 7.94. The monoisotopic (exact) mass is 290 g/mol. The lowest BCUT2D eigenvalue weighted by Crippen LogP contribution is -2.06. The van der Waals surface area contributed by atoms with Gasteiger partial charge in [-0.3, -0.25) is 0 Å². The number of benzene rings is 1. The maximum atomic E-state index is 10.3. The number of aliphatic carboxylic acids is 1. The Morgan fingerprint density at radius 1 is 1.35 bits per heavy atom. The zero-order valence-corrected chi connectivity index (χ0v) is 11.1. The molecule has 0 spiro atoms. The van der Waals surface area contributed by atoms with Crippen molar-refractivity contribution < 1.29 is 19.1 Å². The maximum absolute atomic E-state index is 10.3. The van der Waals surface area contributed by atoms with E-state index in [4.69, 9.17) is 14.3 Å². The standard InChI is InChI=1S/C13H10N2O4S/c16-12(17)6-18-5-11-14-15-13(19-11)9-7-20-10-4-2-1-3-8(9)10/h1-4,7H,5-6H2,(H,16,17). The highest BCUT2D eigenvalue weighted by Gasteiger charge is 2.13. The van der Waals surface area contributed by atoms with Gasteiger partial charge in [-0.2, -0.15) is 0 Å². The highest BCUT2D eigenvalue weighted by molar-refractivity contribution is 7.17. The molecule has 0 saturated carbocycles. The molecule has 0 atom stereocenters. The van der Waals surface area contributed by atoms with Crippen LogP contribution in [0.25, 0.3) is 21.5 Å². The maximum Gasteiger partial charge on any atom is 0.329 e. The van der Waals surface area contributed by atoms with Crippen molar-refractivity contribution in [1.29, 1.82) is 0 Å². The lowest BCUT2D eigenvalue weighted by Gasteiger charge is -1.95. The van der Waals surface area contributed by atoms with Crippen LogP contribution in [0, 0.1) is 0 Å². The summed E-state index contributed by atoms with van der Waals surface area (Å²) in [6.07, 6.45) is 0. The zero-order chi connectivity index (χ0) is 13.9. The molecule has 102 valence electrons. The summed E-state index contributed by atoms with van der Waals surface area (Å²) in [4.78, 5) is 10.3. The van der Waals surface area contributed by atoms with Gasteiger partial charge in [-0.15, -0.1) is 21.5 Å². The number of carbonyl (C=O) groups is 1. The summed E-state index contributed by atoms with van der Waals surface area (Å²) in [5, 5.41) is 19.3. The minimum atomic E-state index is -1.03. The number of nitrogens with zero attached hydrogens (tertiary/aromatic N) is 2. The Hall–Kier alpha value is -2.25. The SMILES string of the molecule is O=C(O)COCc1nnc(-c2csc3ccccc23)o1. The Morgan fingerprint density at radius 3 is 3.05 bits per heavy atom. The molecule has 1 aromatic carbocycles. The van der Waals surface area contributed by atoms with E-state index in [0.717, 1.165) is 15.6 Å². The third-order valence-electron chi connectivity index (χ3n) is 2.63. The van der Waals surface area contributed by atoms with Gasteiger partial charge in [0.1, 0.15) is 13.2 Å². The molecule has 20 heavy (non-hydrogen) atoms. The molecule has 3 aromatic rings. The number of aromatic nitrogens is 2. The van der Waals surface area contributed by atoms with Crippen molar-refractivity contribution in [3.05, 3.63) is 35.5 Å². The van der Waals surface area contributed by atoms with E-state index in [1.165, 1.54) is 0 Å². The van der Waals surface area contributed by atoms with Crippen LogP contribution in [-0.4, -0.2) is 27.9 Å². The molecule has 2 aromatic heterocycles. The predicted molar refractivity (Wildman–Crippen MR) is 72.4 cm³/mol. The molecule has 0 radical (unpaired) electrons. The van der Waals surface area contributed by atoms with Gasteiger partial charge in [-0.1, -0.05) is 18.2 Å². The van der Waals surface area contributed by atoms with E-state index in [-0.39, 0.29) is 19.1 Å². The van der Waals surface area contributed by atoms with Gasteiger partial charge in [-0.25, -0.2) is 4.79 Å². The molecule has 6 nitrogen and oxygen atoms in total. The van der Waals surface area contributed by atoms with Gasteiger partial charge in [0.25, 0.3) is 0 Å². The van der Waals surface area contributed by atoms with Crippen LogP contribution in [-0.2, 0) is 16.1 Å². The van der Waals surface area contributed by atoms with E-state index in [2.05, 4.69) is 10.2 Å². The molecule has 0 aliphatic heterocycles. The number of thiophene rings is 1. The quantitative estimate of drug-likeness (QED) is 0.777. The first-order valence-corrected chi connectivity index (χ1v) is 6.70. The molecule has 0 fully saturated rings. The molecule has 0 bridgehead atoms. The Labute approximate surface area is 117 Å². The molecule has 1 N–H and O–H groups in total. The third kappa shape index (κ3) is 2.54. The average molecular weight is 290 g/mol. The van der Waals surface area contributed by atoms with Gasteiger partial charge in [0.15, 0.2) is 0 Å². The van der Waals surface area contributed by atoms with Crippen LogP contribution in [0.1, 0.15) is 5.89 Å². The summed E-state index contributed by atoms with van der Waals surface area (Å²) in [6.45, 7) is -0.402. The Bertz CT molecular complexity index is 750. The normalized spacial score (nSPS) is 11.0. The van der Waals surface area contributed by atoms with Crippen LogP contribution >= 0.6 is 11.3 Å². The number of ether oxygens (including phenoxy) is 1. The highest BCUT2D eigenvalue weighted by Crippen LogP contribution is 2.32. The summed E-state index contributed by atoms with van der Waals surface area (Å²) in [5.41, 5.74) is 0.877. The number of fused-ring (bicyclic) bond motifs is 1. The van der Waals surface area contributed by atoms with Gasteiger partial charge in [-0.05, 0) is 6.07 Å². The van der Waals surface area contributed by atoms with Gasteiger partial charge < -0.3 is 14.3 Å². The van der Waals surface area contributed by atoms with Gasteiger partial charge >= 0.3 is 5.97 Å². The summed E-state index contributed by atoms with van der Waals surface area (Å²) >= 11 is 1.60. The Kier molecular flexibility index (Phi) is 3.44. The average Bonchev–Trinajstić information content (AvgIpc) is 3.04. The molecule has 0 unspecified atom stereocenters. The van der Waals surface area contributed by atoms with Crippen LogP contribution in [0.15, 0.2) is 34.1 Å². The third-order valence-corrected chi connectivity index (χ3v) is 3.59. The number of rotatable bonds is 5. The first kappa shape index (κ1) is 12.8. The largest absolute Gasteiger partial charge is 0.480 e. The summed E-state index contributed by atoms with van der Waals surface area (Å²) in [7, 11) is 0. The number of hydrogen-bond acceptors (Lipinski definition) is 6. The number of carboxylic acid groups (broad SMARTS) is 1. The van der Waals surface area contributed by atoms with Crippen molar-refractivity contribution in [2.24, 2.45) is 0 Å². The fourth-order valence-electron chi connectivity index (χ4n) is 1.79. The second-order valence-electron chi connectivity index (χ2n) is 4.03. The molecule has 2 heterocycles. The molecule has 0 aliphatic carbocycles. The van der Waals surface area contributed by atoms with Gasteiger partial charge in [0, 0.05) is 15.5 Å². The van der Waals surface area contributed by atoms with Gasteiger partial charge in [0.2, 0.25) is 11.8 Å². The molecular weight excluding hydrogens is 280 g/mol. The molecular formula is C13H10N2O4S. The van der Waals surface area contributed by atoms with Gasteiger partial charge in [0.05, 0.1) is 5.56 Å². The van der Waals surface area contributed by atoms with E-state index >= 15 is 0 Å². The zero-order valence-electron chi connectivity index (χ0n) is 10.3. The lowest BCUT2D eigenvalue weighted by atomic mass is 10.2. The van der Waals surface area contributed by atoms with Crippen LogP contribution in [0.4, 0.5) is 0 Å². The van der Waals surface area contributed by atoms with Crippen LogP contribution in [0.3, 0.4) is 0 Å². The first-order chi connectivity index (χ1) is 9.74. The molecule has 3 rings (SSSR count). The fourth-order valence-corrected chi connectivity index (χ4v) is 2.72. The minimum Gasteiger partial charge on any atom is -0.480 e. The smallest absolute Gasteiger partial charge is 0.329 e. The molecule has 0 aliphatic rings. The van der Waals surface area contributed by atoms with E-state index in [1.54, 1.807) is 11.3 Å². The fraction of sp³-hybridized carbons (Fsp3) is 0.154. The van der Waals surface area contributed by atoms with E-state index in [0.29, 0.717) is 5.89 Å². The predicted octanol–water partition coefficient (Wildman–Crippen LogP) is 2.55. The minimum absolute atomic E-state index is 0.0125. The van der Waals surface area contributed by atoms with Crippen LogP contribution in [0.5, 0.6) is 0 Å². The number of hydrogen-bond donors (Lipinski definition) is 1. The second-order valence-corrected chi connectivity index (χ2v) is 4.94. The van der Waals surface area contributed by atoms with E-state index < -0.39 is 5.97 Å². The van der Waals surface area contributed by atoms with E-state index in [1.807, 2.05) is 29.6 Å². The van der Waals surface area contributed by atoms with Crippen molar-refractivity contribution in [2.45, 2.75) is 6.61 Å². The van der Waals surface area contributed by atoms with Crippen LogP contribution in [0.2, 0.25) is 0 Å².